The molecule has 0 aliphatic heterocycles. The van der Waals surface area contributed by atoms with E-state index in [0.717, 1.165) is 59.1 Å². The number of benzene rings is 11. The Balaban J connectivity index is 1.14. The SMILES string of the molecule is CCc1ccc(N(c2ccccc2)c2ccc3c4c(-c5ccccc5)c5c6ccc(N(c7ccc(CC)cc7)c7ccc(OC(C)CC)cc7)c7cccc(c5c(-c5ccccc5)c4c4cccc2c43)c76)cc1. The first-order chi connectivity index (χ1) is 36.0. The van der Waals surface area contributed by atoms with Gasteiger partial charge in [-0.05, 0) is 186 Å². The molecular weight excluding hydrogens is 885 g/mol. The summed E-state index contributed by atoms with van der Waals surface area (Å²) in [5.41, 5.74) is 14.4. The van der Waals surface area contributed by atoms with Crippen molar-refractivity contribution in [1.82, 2.24) is 0 Å². The normalized spacial score (nSPS) is 12.2. The van der Waals surface area contributed by atoms with Gasteiger partial charge in [-0.3, -0.25) is 0 Å². The van der Waals surface area contributed by atoms with E-state index < -0.39 is 0 Å². The van der Waals surface area contributed by atoms with Crippen LogP contribution in [-0.2, 0) is 12.8 Å². The molecule has 0 radical (unpaired) electrons. The highest BCUT2D eigenvalue weighted by Crippen LogP contribution is 2.57. The number of aryl methyl sites for hydroxylation is 2. The van der Waals surface area contributed by atoms with Crippen molar-refractivity contribution < 1.29 is 4.74 Å². The minimum atomic E-state index is 0.141. The van der Waals surface area contributed by atoms with Crippen LogP contribution in [0.5, 0.6) is 5.75 Å². The summed E-state index contributed by atoms with van der Waals surface area (Å²) in [5.74, 6) is 0.883. The van der Waals surface area contributed by atoms with E-state index in [1.54, 1.807) is 0 Å². The van der Waals surface area contributed by atoms with Crippen molar-refractivity contribution in [1.29, 1.82) is 0 Å². The molecule has 1 atom stereocenters. The van der Waals surface area contributed by atoms with Gasteiger partial charge in [-0.15, -0.1) is 0 Å². The molecule has 0 N–H and O–H groups in total. The summed E-state index contributed by atoms with van der Waals surface area (Å²) < 4.78 is 6.29. The van der Waals surface area contributed by atoms with E-state index >= 15 is 0 Å². The topological polar surface area (TPSA) is 15.7 Å². The molecule has 0 fully saturated rings. The summed E-state index contributed by atoms with van der Waals surface area (Å²) in [5, 5.41) is 15.2. The third-order valence-corrected chi connectivity index (χ3v) is 15.4. The lowest BCUT2D eigenvalue weighted by molar-refractivity contribution is 0.217. The Morgan fingerprint density at radius 2 is 0.685 bits per heavy atom. The van der Waals surface area contributed by atoms with Crippen LogP contribution in [-0.4, -0.2) is 6.10 Å². The second-order valence-corrected chi connectivity index (χ2v) is 19.6. The van der Waals surface area contributed by atoms with Crippen LogP contribution in [0.25, 0.3) is 86.9 Å². The fourth-order valence-electron chi connectivity index (χ4n) is 11.8. The summed E-state index contributed by atoms with van der Waals surface area (Å²) in [7, 11) is 0. The molecule has 0 bridgehead atoms. The molecule has 13 aromatic carbocycles. The molecule has 13 rings (SSSR count). The second-order valence-electron chi connectivity index (χ2n) is 19.6. The molecule has 0 saturated heterocycles. The van der Waals surface area contributed by atoms with Crippen LogP contribution in [0.2, 0.25) is 0 Å². The smallest absolute Gasteiger partial charge is 0.119 e. The van der Waals surface area contributed by atoms with Crippen molar-refractivity contribution in [2.75, 3.05) is 9.80 Å². The maximum Gasteiger partial charge on any atom is 0.119 e. The van der Waals surface area contributed by atoms with Gasteiger partial charge in [0.15, 0.2) is 0 Å². The first-order valence-corrected chi connectivity index (χ1v) is 26.1. The average Bonchev–Trinajstić information content (AvgIpc) is 3.98. The van der Waals surface area contributed by atoms with E-state index in [0.29, 0.717) is 0 Å². The predicted molar refractivity (Wildman–Crippen MR) is 313 cm³/mol. The number of ether oxygens (including phenoxy) is 1. The molecule has 3 nitrogen and oxygen atoms in total. The average molecular weight is 941 g/mol. The Morgan fingerprint density at radius 3 is 1.08 bits per heavy atom. The number of nitrogens with zero attached hydrogens (tertiary/aromatic N) is 2. The molecule has 0 aliphatic rings. The van der Waals surface area contributed by atoms with E-state index in [2.05, 4.69) is 262 Å². The number of hydrogen-bond acceptors (Lipinski definition) is 3. The summed E-state index contributed by atoms with van der Waals surface area (Å²) in [4.78, 5) is 4.87. The van der Waals surface area contributed by atoms with Gasteiger partial charge in [0.2, 0.25) is 0 Å². The molecule has 1 unspecified atom stereocenters. The second kappa shape index (κ2) is 18.2. The van der Waals surface area contributed by atoms with Crippen LogP contribution in [0.3, 0.4) is 0 Å². The number of para-hydroxylation sites is 1. The minimum Gasteiger partial charge on any atom is -0.491 e. The third kappa shape index (κ3) is 7.25. The highest BCUT2D eigenvalue weighted by Gasteiger charge is 2.30. The van der Waals surface area contributed by atoms with Crippen molar-refractivity contribution >= 4 is 98.8 Å². The van der Waals surface area contributed by atoms with Gasteiger partial charge in [-0.25, -0.2) is 0 Å². The molecule has 0 saturated carbocycles. The largest absolute Gasteiger partial charge is 0.491 e. The highest BCUT2D eigenvalue weighted by molar-refractivity contribution is 6.47. The molecule has 13 aromatic rings. The van der Waals surface area contributed by atoms with Gasteiger partial charge in [0, 0.05) is 33.5 Å². The van der Waals surface area contributed by atoms with Gasteiger partial charge in [-0.1, -0.05) is 172 Å². The zero-order chi connectivity index (χ0) is 49.2. The first-order valence-electron chi connectivity index (χ1n) is 26.1. The first kappa shape index (κ1) is 44.3. The maximum absolute atomic E-state index is 6.29. The van der Waals surface area contributed by atoms with E-state index in [1.165, 1.54) is 98.0 Å². The van der Waals surface area contributed by atoms with E-state index in [1.807, 2.05) is 0 Å². The van der Waals surface area contributed by atoms with Gasteiger partial charge in [-0.2, -0.15) is 0 Å². The van der Waals surface area contributed by atoms with Gasteiger partial charge in [0.05, 0.1) is 17.5 Å². The Kier molecular flexibility index (Phi) is 11.0. The van der Waals surface area contributed by atoms with Gasteiger partial charge in [0.1, 0.15) is 5.75 Å². The zero-order valence-electron chi connectivity index (χ0n) is 41.9. The van der Waals surface area contributed by atoms with E-state index in [-0.39, 0.29) is 6.10 Å². The number of fused-ring (bicyclic) bond motifs is 6. The summed E-state index contributed by atoms with van der Waals surface area (Å²) in [6, 6.07) is 83.5. The molecule has 0 amide bonds. The van der Waals surface area contributed by atoms with Crippen molar-refractivity contribution in [3.05, 3.63) is 236 Å². The molecule has 0 aliphatic carbocycles. The molecule has 0 spiro atoms. The number of rotatable bonds is 13. The molecule has 352 valence electrons. The minimum absolute atomic E-state index is 0.141. The van der Waals surface area contributed by atoms with Crippen molar-refractivity contribution in [2.24, 2.45) is 0 Å². The molecular formula is C70H56N2O. The Hall–Kier alpha value is -8.66. The molecule has 73 heavy (non-hydrogen) atoms. The molecule has 0 heterocycles. The van der Waals surface area contributed by atoms with Crippen LogP contribution in [0.15, 0.2) is 224 Å². The Morgan fingerprint density at radius 1 is 0.329 bits per heavy atom. The summed E-state index contributed by atoms with van der Waals surface area (Å²) in [6.07, 6.45) is 3.07. The Bertz CT molecular complexity index is 4000. The van der Waals surface area contributed by atoms with Gasteiger partial charge < -0.3 is 14.5 Å². The van der Waals surface area contributed by atoms with Crippen LogP contribution in [0.1, 0.15) is 45.2 Å². The van der Waals surface area contributed by atoms with Gasteiger partial charge >= 0.3 is 0 Å². The lowest BCUT2D eigenvalue weighted by atomic mass is 9.87. The summed E-state index contributed by atoms with van der Waals surface area (Å²) >= 11 is 0. The lowest BCUT2D eigenvalue weighted by Gasteiger charge is -2.27. The standard InChI is InChI=1S/C70H56N2O/c1-5-45(4)73-54-39-37-53(38-40-54)72(52-35-31-47(7-3)32-36-52)62-44-42-60-66-56(62)26-18-28-58(66)68-63(48-19-11-8-12-20-48)67-57-27-17-25-55-61(71(50-23-15-10-16-24-50)51-33-29-46(6-2)30-34-51)43-41-59(65(55)57)69(67)64(70(60)68)49-21-13-9-14-22-49/h8-45H,5-7H2,1-4H3. The van der Waals surface area contributed by atoms with Crippen molar-refractivity contribution in [3.8, 4) is 28.0 Å². The third-order valence-electron chi connectivity index (χ3n) is 15.4. The fraction of sp³-hybridized carbons (Fsp3) is 0.114. The monoisotopic (exact) mass is 940 g/mol. The molecule has 3 heteroatoms. The van der Waals surface area contributed by atoms with E-state index in [9.17, 15) is 0 Å². The maximum atomic E-state index is 6.29. The van der Waals surface area contributed by atoms with Crippen LogP contribution in [0.4, 0.5) is 34.1 Å². The van der Waals surface area contributed by atoms with E-state index in [4.69, 9.17) is 4.74 Å². The fourth-order valence-corrected chi connectivity index (χ4v) is 11.8. The van der Waals surface area contributed by atoms with Crippen LogP contribution >= 0.6 is 0 Å². The van der Waals surface area contributed by atoms with Crippen LogP contribution in [0, 0.1) is 0 Å². The van der Waals surface area contributed by atoms with Crippen LogP contribution < -0.4 is 14.5 Å². The van der Waals surface area contributed by atoms with Crippen molar-refractivity contribution in [3.63, 3.8) is 0 Å². The summed E-state index contributed by atoms with van der Waals surface area (Å²) in [6.45, 7) is 8.73. The molecule has 0 aromatic heterocycles. The zero-order valence-corrected chi connectivity index (χ0v) is 41.9. The predicted octanol–water partition coefficient (Wildman–Crippen LogP) is 20.1. The van der Waals surface area contributed by atoms with Gasteiger partial charge in [0.25, 0.3) is 0 Å². The highest BCUT2D eigenvalue weighted by atomic mass is 16.5. The number of hydrogen-bond donors (Lipinski definition) is 0. The lowest BCUT2D eigenvalue weighted by Crippen LogP contribution is -2.12. The quantitative estimate of drug-likeness (QED) is 0.115. The Labute approximate surface area is 427 Å². The number of anilines is 6. The van der Waals surface area contributed by atoms with Crippen molar-refractivity contribution in [2.45, 2.75) is 53.1 Å².